The lowest BCUT2D eigenvalue weighted by Crippen LogP contribution is -2.29. The Labute approximate surface area is 336 Å². The first-order valence-electron chi connectivity index (χ1n) is 18.4. The second kappa shape index (κ2) is 19.0. The van der Waals surface area contributed by atoms with E-state index in [2.05, 4.69) is 25.4 Å². The molecular weight excluding hydrogens is 774 g/mol. The molecule has 1 amide bonds. The van der Waals surface area contributed by atoms with Crippen LogP contribution in [0.25, 0.3) is 16.8 Å². The van der Waals surface area contributed by atoms with Crippen LogP contribution in [0.1, 0.15) is 52.3 Å². The van der Waals surface area contributed by atoms with E-state index in [4.69, 9.17) is 40.1 Å². The summed E-state index contributed by atoms with van der Waals surface area (Å²) in [7, 11) is -2.16. The average molecular weight is 820 g/mol. The first kappa shape index (κ1) is 41.7. The summed E-state index contributed by atoms with van der Waals surface area (Å²) in [4.78, 5) is 18.5. The number of benzene rings is 3. The molecule has 6 rings (SSSR count). The van der Waals surface area contributed by atoms with Gasteiger partial charge >= 0.3 is 0 Å². The van der Waals surface area contributed by atoms with Crippen molar-refractivity contribution in [3.05, 3.63) is 105 Å². The third-order valence-electron chi connectivity index (χ3n) is 9.28. The van der Waals surface area contributed by atoms with Gasteiger partial charge in [0, 0.05) is 34.8 Å². The smallest absolute Gasteiger partial charge is 0.240 e. The highest BCUT2D eigenvalue weighted by molar-refractivity contribution is 7.89. The van der Waals surface area contributed by atoms with Crippen molar-refractivity contribution in [2.45, 2.75) is 45.1 Å². The molecule has 0 spiro atoms. The lowest BCUT2D eigenvalue weighted by molar-refractivity contribution is -0.121. The molecule has 3 aromatic carbocycles. The van der Waals surface area contributed by atoms with Gasteiger partial charge in [-0.2, -0.15) is 0 Å². The zero-order chi connectivity index (χ0) is 40.5. The van der Waals surface area contributed by atoms with Gasteiger partial charge in [0.05, 0.1) is 75.2 Å². The normalized spacial score (nSPS) is 13.8. The van der Waals surface area contributed by atoms with Crippen molar-refractivity contribution in [2.24, 2.45) is 4.99 Å². The van der Waals surface area contributed by atoms with Crippen LogP contribution in [-0.2, 0) is 29.0 Å². The molecule has 1 aliphatic rings. The van der Waals surface area contributed by atoms with Crippen molar-refractivity contribution >= 4 is 33.2 Å². The maximum Gasteiger partial charge on any atom is 0.240 e. The average Bonchev–Trinajstić information content (AvgIpc) is 3.71. The van der Waals surface area contributed by atoms with Gasteiger partial charge in [-0.05, 0) is 75.2 Å². The highest BCUT2D eigenvalue weighted by atomic mass is 35.5. The summed E-state index contributed by atoms with van der Waals surface area (Å²) in [6, 6.07) is 17.8. The summed E-state index contributed by atoms with van der Waals surface area (Å²) in [5.41, 5.74) is 5.99. The molecule has 0 radical (unpaired) electrons. The fourth-order valence-corrected chi connectivity index (χ4v) is 7.90. The molecule has 2 N–H and O–H groups in total. The molecule has 0 bridgehead atoms. The number of carbonyl (C=O) groups is 1. The Morgan fingerprint density at radius 1 is 0.860 bits per heavy atom. The molecule has 5 aromatic rings. The summed E-state index contributed by atoms with van der Waals surface area (Å²) in [6.45, 7) is 9.34. The van der Waals surface area contributed by atoms with Crippen LogP contribution in [0.5, 0.6) is 5.75 Å². The van der Waals surface area contributed by atoms with Gasteiger partial charge in [-0.3, -0.25) is 14.4 Å². The molecule has 0 aliphatic carbocycles. The predicted octanol–water partition coefficient (Wildman–Crippen LogP) is 5.24. The minimum atomic E-state index is -3.77. The fourth-order valence-electron chi connectivity index (χ4n) is 6.50. The molecule has 1 aliphatic heterocycles. The lowest BCUT2D eigenvalue weighted by Gasteiger charge is -2.14. The number of hydrogen-bond acceptors (Lipinski definition) is 12. The minimum absolute atomic E-state index is 0.0428. The molecule has 0 fully saturated rings. The molecule has 17 heteroatoms. The van der Waals surface area contributed by atoms with E-state index in [1.165, 1.54) is 0 Å². The van der Waals surface area contributed by atoms with Gasteiger partial charge in [0.15, 0.2) is 5.82 Å². The van der Waals surface area contributed by atoms with Crippen LogP contribution >= 0.6 is 11.6 Å². The van der Waals surface area contributed by atoms with Crippen LogP contribution in [0.4, 0.5) is 0 Å². The molecule has 15 nitrogen and oxygen atoms in total. The number of sulfonamides is 1. The highest BCUT2D eigenvalue weighted by Gasteiger charge is 2.30. The third-order valence-corrected chi connectivity index (χ3v) is 11.1. The largest absolute Gasteiger partial charge is 0.497 e. The second-order valence-corrected chi connectivity index (χ2v) is 15.5. The Kier molecular flexibility index (Phi) is 13.9. The lowest BCUT2D eigenvalue weighted by atomic mass is 10.00. The summed E-state index contributed by atoms with van der Waals surface area (Å²) in [5, 5.41) is 16.2. The first-order valence-corrected chi connectivity index (χ1v) is 20.3. The van der Waals surface area contributed by atoms with Gasteiger partial charge in [0.25, 0.3) is 0 Å². The Morgan fingerprint density at radius 3 is 2.23 bits per heavy atom. The van der Waals surface area contributed by atoms with E-state index < -0.39 is 16.1 Å². The summed E-state index contributed by atoms with van der Waals surface area (Å²) < 4.78 is 58.2. The van der Waals surface area contributed by atoms with Gasteiger partial charge in [-0.15, -0.1) is 10.2 Å². The number of aryl methyl sites for hydroxylation is 4. The zero-order valence-corrected chi connectivity index (χ0v) is 34.1. The number of amides is 1. The number of rotatable bonds is 19. The van der Waals surface area contributed by atoms with E-state index in [-0.39, 0.29) is 43.6 Å². The van der Waals surface area contributed by atoms with Crippen LogP contribution in [0.3, 0.4) is 0 Å². The summed E-state index contributed by atoms with van der Waals surface area (Å²) in [5.74, 6) is 2.30. The van der Waals surface area contributed by atoms with E-state index >= 15 is 0 Å². The van der Waals surface area contributed by atoms with Crippen molar-refractivity contribution in [3.8, 4) is 22.6 Å². The molecule has 0 saturated heterocycles. The van der Waals surface area contributed by atoms with Gasteiger partial charge in [-0.25, -0.2) is 13.1 Å². The Balaban J connectivity index is 0.899. The quantitative estimate of drug-likeness (QED) is 0.104. The number of aliphatic imine (C=N–C) groups is 1. The third kappa shape index (κ3) is 10.1. The molecule has 0 unspecified atom stereocenters. The topological polar surface area (TPSA) is 181 Å². The molecule has 3 heterocycles. The Morgan fingerprint density at radius 2 is 1.54 bits per heavy atom. The van der Waals surface area contributed by atoms with E-state index in [0.717, 1.165) is 27.9 Å². The Hall–Kier alpha value is -4.97. The standard InChI is InChI=1S/C40H46ClN7O8S/c1-25-6-7-30(38-26(2)47-56-27(38)3)22-36(25)57(50,51)43-15-17-54-19-21-55-20-18-53-16-14-42-37(49)24-34-40-46-45-28(4)48(40)35-13-12-32(52-5)23-33(35)39(44-34)29-8-10-31(41)11-9-29/h6-13,22-23,34,43H,14-21,24H2,1-5H3,(H,42,49)/t34-/m0/s1. The van der Waals surface area contributed by atoms with Gasteiger partial charge in [-0.1, -0.05) is 41.0 Å². The number of hydrogen-bond donors (Lipinski definition) is 2. The molecule has 57 heavy (non-hydrogen) atoms. The molecule has 302 valence electrons. The maximum atomic E-state index is 13.2. The Bertz CT molecular complexity index is 2310. The SMILES string of the molecule is COc1ccc2c(c1)C(c1ccc(Cl)cc1)=N[C@@H](CC(=O)NCCOCCOCCOCCNS(=O)(=O)c1cc(-c3c(C)noc3C)ccc1C)c1nnc(C)n1-2. The molecule has 1 atom stereocenters. The number of carbonyl (C=O) groups excluding carboxylic acids is 1. The van der Waals surface area contributed by atoms with Crippen molar-refractivity contribution in [1.29, 1.82) is 0 Å². The number of aromatic nitrogens is 4. The van der Waals surface area contributed by atoms with E-state index in [9.17, 15) is 13.2 Å². The highest BCUT2D eigenvalue weighted by Crippen LogP contribution is 2.35. The molecule has 0 saturated carbocycles. The van der Waals surface area contributed by atoms with Crippen LogP contribution in [-0.4, -0.2) is 99.8 Å². The van der Waals surface area contributed by atoms with E-state index in [0.29, 0.717) is 71.5 Å². The summed E-state index contributed by atoms with van der Waals surface area (Å²) in [6.07, 6.45) is 0.0428. The van der Waals surface area contributed by atoms with Gasteiger partial charge < -0.3 is 28.8 Å². The van der Waals surface area contributed by atoms with Crippen molar-refractivity contribution in [3.63, 3.8) is 0 Å². The zero-order valence-electron chi connectivity index (χ0n) is 32.5. The number of methoxy groups -OCH3 is 1. The van der Waals surface area contributed by atoms with Gasteiger partial charge in [0.2, 0.25) is 15.9 Å². The number of halogens is 1. The summed E-state index contributed by atoms with van der Waals surface area (Å²) >= 11 is 6.20. The van der Waals surface area contributed by atoms with Crippen LogP contribution in [0.15, 0.2) is 75.1 Å². The molecule has 2 aromatic heterocycles. The second-order valence-electron chi connectivity index (χ2n) is 13.3. The minimum Gasteiger partial charge on any atom is -0.497 e. The van der Waals surface area contributed by atoms with E-state index in [1.807, 2.05) is 54.8 Å². The van der Waals surface area contributed by atoms with E-state index in [1.54, 1.807) is 45.2 Å². The van der Waals surface area contributed by atoms with Crippen LogP contribution in [0.2, 0.25) is 5.02 Å². The van der Waals surface area contributed by atoms with Crippen LogP contribution < -0.4 is 14.8 Å². The number of nitrogens with zero attached hydrogens (tertiary/aromatic N) is 5. The van der Waals surface area contributed by atoms with Crippen LogP contribution in [0, 0.1) is 27.7 Å². The number of ether oxygens (including phenoxy) is 4. The number of fused-ring (bicyclic) bond motifs is 3. The van der Waals surface area contributed by atoms with Crippen molar-refractivity contribution < 1.29 is 36.7 Å². The first-order chi connectivity index (χ1) is 27.5. The predicted molar refractivity (Wildman–Crippen MR) is 214 cm³/mol. The maximum absolute atomic E-state index is 13.2. The van der Waals surface area contributed by atoms with Crippen molar-refractivity contribution in [1.82, 2.24) is 30.0 Å². The van der Waals surface area contributed by atoms with Gasteiger partial charge in [0.1, 0.15) is 23.4 Å². The molecular formula is C40H46ClN7O8S. The monoisotopic (exact) mass is 819 g/mol. The fraction of sp³-hybridized carbons (Fsp3) is 0.375. The van der Waals surface area contributed by atoms with Crippen molar-refractivity contribution in [2.75, 3.05) is 59.8 Å². The number of nitrogens with one attached hydrogen (secondary N) is 2.